The molecule has 17 heavy (non-hydrogen) atoms. The molecule has 94 valence electrons. The highest BCUT2D eigenvalue weighted by atomic mass is 14.5. The smallest absolute Gasteiger partial charge is 0.00741 e. The number of aryl methyl sites for hydroxylation is 2. The Kier molecular flexibility index (Phi) is 6.60. The zero-order chi connectivity index (χ0) is 12.5. The quantitative estimate of drug-likeness (QED) is 0.675. The van der Waals surface area contributed by atoms with Crippen molar-refractivity contribution in [3.05, 3.63) is 47.5 Å². The second-order valence-electron chi connectivity index (χ2n) is 4.44. The average molecular weight is 232 g/mol. The molecular formula is C15H24N2. The van der Waals surface area contributed by atoms with Gasteiger partial charge in [0.25, 0.3) is 0 Å². The van der Waals surface area contributed by atoms with Crippen molar-refractivity contribution < 1.29 is 0 Å². The van der Waals surface area contributed by atoms with Crippen molar-refractivity contribution in [3.8, 4) is 0 Å². The molecule has 0 aromatic heterocycles. The van der Waals surface area contributed by atoms with Crippen molar-refractivity contribution in [3.63, 3.8) is 0 Å². The molecule has 0 saturated carbocycles. The molecule has 0 spiro atoms. The van der Waals surface area contributed by atoms with E-state index in [4.69, 9.17) is 11.5 Å². The fourth-order valence-corrected chi connectivity index (χ4v) is 2.02. The van der Waals surface area contributed by atoms with Crippen LogP contribution in [-0.2, 0) is 19.3 Å². The molecule has 0 amide bonds. The molecule has 0 bridgehead atoms. The van der Waals surface area contributed by atoms with Gasteiger partial charge in [0.1, 0.15) is 0 Å². The molecule has 1 rings (SSSR count). The number of hydrogen-bond acceptors (Lipinski definition) is 2. The zero-order valence-corrected chi connectivity index (χ0v) is 10.6. The van der Waals surface area contributed by atoms with Crippen LogP contribution in [0.1, 0.15) is 29.5 Å². The predicted molar refractivity (Wildman–Crippen MR) is 75.1 cm³/mol. The van der Waals surface area contributed by atoms with Crippen LogP contribution in [0.15, 0.2) is 30.9 Å². The van der Waals surface area contributed by atoms with Crippen LogP contribution < -0.4 is 11.5 Å². The Morgan fingerprint density at radius 3 is 1.76 bits per heavy atom. The van der Waals surface area contributed by atoms with Crippen LogP contribution in [0.5, 0.6) is 0 Å². The summed E-state index contributed by atoms with van der Waals surface area (Å²) in [6, 6.07) is 6.82. The summed E-state index contributed by atoms with van der Waals surface area (Å²) in [5, 5.41) is 0. The Balaban J connectivity index is 2.79. The van der Waals surface area contributed by atoms with E-state index in [1.165, 1.54) is 16.7 Å². The van der Waals surface area contributed by atoms with Gasteiger partial charge in [0.15, 0.2) is 0 Å². The van der Waals surface area contributed by atoms with E-state index in [0.29, 0.717) is 0 Å². The lowest BCUT2D eigenvalue weighted by molar-refractivity contribution is 0.813. The Morgan fingerprint density at radius 1 is 0.882 bits per heavy atom. The van der Waals surface area contributed by atoms with Gasteiger partial charge >= 0.3 is 0 Å². The number of nitrogens with two attached hydrogens (primary N) is 2. The third-order valence-electron chi connectivity index (χ3n) is 2.83. The predicted octanol–water partition coefficient (Wildman–Crippen LogP) is 2.20. The van der Waals surface area contributed by atoms with Gasteiger partial charge in [-0.3, -0.25) is 0 Å². The summed E-state index contributed by atoms with van der Waals surface area (Å²) < 4.78 is 0. The van der Waals surface area contributed by atoms with Gasteiger partial charge in [-0.15, -0.1) is 6.58 Å². The Bertz CT molecular complexity index is 319. The molecule has 0 aliphatic heterocycles. The molecule has 0 radical (unpaired) electrons. The average Bonchev–Trinajstić information content (AvgIpc) is 2.34. The SMILES string of the molecule is C=CCc1cc(CCCN)cc(CCCN)c1. The molecule has 0 saturated heterocycles. The fourth-order valence-electron chi connectivity index (χ4n) is 2.02. The standard InChI is InChI=1S/C15H24N2/c1-2-5-13-10-14(6-3-8-16)12-15(11-13)7-4-9-17/h2,10-12H,1,3-9,16-17H2. The van der Waals surface area contributed by atoms with Crippen LogP contribution in [0.2, 0.25) is 0 Å². The van der Waals surface area contributed by atoms with Crippen molar-refractivity contribution >= 4 is 0 Å². The normalized spacial score (nSPS) is 10.5. The maximum atomic E-state index is 5.56. The van der Waals surface area contributed by atoms with E-state index in [1.807, 2.05) is 6.08 Å². The molecule has 2 heteroatoms. The van der Waals surface area contributed by atoms with Gasteiger partial charge in [0, 0.05) is 0 Å². The van der Waals surface area contributed by atoms with Gasteiger partial charge in [-0.2, -0.15) is 0 Å². The van der Waals surface area contributed by atoms with E-state index in [2.05, 4.69) is 24.8 Å². The van der Waals surface area contributed by atoms with Crippen LogP contribution in [0, 0.1) is 0 Å². The molecule has 1 aromatic carbocycles. The Morgan fingerprint density at radius 2 is 1.35 bits per heavy atom. The van der Waals surface area contributed by atoms with Gasteiger partial charge in [-0.05, 0) is 61.9 Å². The van der Waals surface area contributed by atoms with Gasteiger partial charge < -0.3 is 11.5 Å². The van der Waals surface area contributed by atoms with E-state index in [9.17, 15) is 0 Å². The first-order valence-corrected chi connectivity index (χ1v) is 6.43. The van der Waals surface area contributed by atoms with Crippen molar-refractivity contribution in [1.29, 1.82) is 0 Å². The van der Waals surface area contributed by atoms with Crippen molar-refractivity contribution in [1.82, 2.24) is 0 Å². The summed E-state index contributed by atoms with van der Waals surface area (Å²) in [4.78, 5) is 0. The van der Waals surface area contributed by atoms with Crippen LogP contribution in [0.4, 0.5) is 0 Å². The van der Waals surface area contributed by atoms with Gasteiger partial charge in [-0.1, -0.05) is 24.3 Å². The van der Waals surface area contributed by atoms with Crippen molar-refractivity contribution in [2.24, 2.45) is 11.5 Å². The van der Waals surface area contributed by atoms with E-state index < -0.39 is 0 Å². The van der Waals surface area contributed by atoms with E-state index in [1.54, 1.807) is 0 Å². The lowest BCUT2D eigenvalue weighted by Crippen LogP contribution is -2.03. The molecule has 0 fully saturated rings. The molecule has 4 N–H and O–H groups in total. The largest absolute Gasteiger partial charge is 0.330 e. The van der Waals surface area contributed by atoms with E-state index in [-0.39, 0.29) is 0 Å². The van der Waals surface area contributed by atoms with E-state index in [0.717, 1.165) is 45.2 Å². The third-order valence-corrected chi connectivity index (χ3v) is 2.83. The minimum Gasteiger partial charge on any atom is -0.330 e. The lowest BCUT2D eigenvalue weighted by Gasteiger charge is -2.08. The first-order chi connectivity index (χ1) is 8.30. The van der Waals surface area contributed by atoms with Gasteiger partial charge in [0.05, 0.1) is 0 Å². The fraction of sp³-hybridized carbons (Fsp3) is 0.467. The van der Waals surface area contributed by atoms with Crippen LogP contribution in [0.25, 0.3) is 0 Å². The second-order valence-corrected chi connectivity index (χ2v) is 4.44. The molecule has 2 nitrogen and oxygen atoms in total. The van der Waals surface area contributed by atoms with Gasteiger partial charge in [0.2, 0.25) is 0 Å². The van der Waals surface area contributed by atoms with Crippen LogP contribution >= 0.6 is 0 Å². The van der Waals surface area contributed by atoms with Crippen molar-refractivity contribution in [2.45, 2.75) is 32.1 Å². The molecule has 0 aliphatic rings. The summed E-state index contributed by atoms with van der Waals surface area (Å²) in [5.41, 5.74) is 15.2. The molecule has 0 aliphatic carbocycles. The number of allylic oxidation sites excluding steroid dienone is 1. The Hall–Kier alpha value is -1.12. The maximum absolute atomic E-state index is 5.56. The van der Waals surface area contributed by atoms with Gasteiger partial charge in [-0.25, -0.2) is 0 Å². The van der Waals surface area contributed by atoms with E-state index >= 15 is 0 Å². The molecule has 0 unspecified atom stereocenters. The highest BCUT2D eigenvalue weighted by molar-refractivity contribution is 5.31. The number of rotatable bonds is 8. The topological polar surface area (TPSA) is 52.0 Å². The minimum atomic E-state index is 0.754. The van der Waals surface area contributed by atoms with Crippen LogP contribution in [-0.4, -0.2) is 13.1 Å². The van der Waals surface area contributed by atoms with Crippen LogP contribution in [0.3, 0.4) is 0 Å². The molecule has 0 atom stereocenters. The maximum Gasteiger partial charge on any atom is -0.00741 e. The number of hydrogen-bond donors (Lipinski definition) is 2. The number of benzene rings is 1. The monoisotopic (exact) mass is 232 g/mol. The molecule has 1 aromatic rings. The summed E-state index contributed by atoms with van der Waals surface area (Å²) in [5.74, 6) is 0. The summed E-state index contributed by atoms with van der Waals surface area (Å²) in [7, 11) is 0. The highest BCUT2D eigenvalue weighted by Gasteiger charge is 2.01. The summed E-state index contributed by atoms with van der Waals surface area (Å²) in [6.45, 7) is 5.31. The molecule has 0 heterocycles. The minimum absolute atomic E-state index is 0.754. The highest BCUT2D eigenvalue weighted by Crippen LogP contribution is 2.14. The molecular weight excluding hydrogens is 208 g/mol. The summed E-state index contributed by atoms with van der Waals surface area (Å²) >= 11 is 0. The first kappa shape index (κ1) is 13.9. The van der Waals surface area contributed by atoms with Crippen molar-refractivity contribution in [2.75, 3.05) is 13.1 Å². The third kappa shape index (κ3) is 5.16. The second kappa shape index (κ2) is 8.04. The lowest BCUT2D eigenvalue weighted by atomic mass is 9.98. The zero-order valence-electron chi connectivity index (χ0n) is 10.6. The summed E-state index contributed by atoms with van der Waals surface area (Å²) in [6.07, 6.45) is 7.12. The first-order valence-electron chi connectivity index (χ1n) is 6.43. The Labute approximate surface area is 105 Å².